The number of hydrogen-bond acceptors (Lipinski definition) is 3. The van der Waals surface area contributed by atoms with Crippen LogP contribution in [0.4, 0.5) is 0 Å². The molecule has 5 heteroatoms. The average molecular weight is 343 g/mol. The van der Waals surface area contributed by atoms with Gasteiger partial charge < -0.3 is 13.0 Å². The molecule has 3 nitrogen and oxygen atoms in total. The van der Waals surface area contributed by atoms with E-state index in [1.807, 2.05) is 13.8 Å². The Hall–Kier alpha value is -0.386. The van der Waals surface area contributed by atoms with Crippen molar-refractivity contribution in [2.45, 2.75) is 72.8 Å². The van der Waals surface area contributed by atoms with Gasteiger partial charge in [-0.2, -0.15) is 0 Å². The first kappa shape index (κ1) is 21.6. The second kappa shape index (κ2) is 9.69. The molecule has 0 radical (unpaired) electrons. The molecule has 0 N–H and O–H groups in total. The number of rotatable bonds is 9. The molecule has 0 aliphatic heterocycles. The summed E-state index contributed by atoms with van der Waals surface area (Å²) >= 11 is 0. The minimum absolute atomic E-state index is 0.107. The maximum atomic E-state index is 6.34. The standard InChI is InChI=1S/C17H34O3Si2/c1-10-12-16(5)17(14-13-15(3)4)19-22(8,9)20-21(6,7)18-11-2/h16-17H,3,10-12H2,1-2,4-9H3. The van der Waals surface area contributed by atoms with Crippen LogP contribution < -0.4 is 0 Å². The summed E-state index contributed by atoms with van der Waals surface area (Å²) in [7, 11) is -4.43. The van der Waals surface area contributed by atoms with Crippen LogP contribution in [-0.2, 0) is 13.0 Å². The van der Waals surface area contributed by atoms with Gasteiger partial charge >= 0.3 is 17.1 Å². The molecule has 0 aromatic heterocycles. The van der Waals surface area contributed by atoms with Crippen molar-refractivity contribution < 1.29 is 13.0 Å². The Morgan fingerprint density at radius 3 is 2.18 bits per heavy atom. The Morgan fingerprint density at radius 1 is 1.14 bits per heavy atom. The van der Waals surface area contributed by atoms with Gasteiger partial charge in [0, 0.05) is 6.61 Å². The van der Waals surface area contributed by atoms with Crippen LogP contribution in [0.5, 0.6) is 0 Å². The third-order valence-corrected chi connectivity index (χ3v) is 8.82. The highest BCUT2D eigenvalue weighted by atomic mass is 28.5. The lowest BCUT2D eigenvalue weighted by Crippen LogP contribution is -2.50. The van der Waals surface area contributed by atoms with E-state index in [9.17, 15) is 0 Å². The predicted octanol–water partition coefficient (Wildman–Crippen LogP) is 4.84. The molecule has 0 bridgehead atoms. The van der Waals surface area contributed by atoms with Crippen molar-refractivity contribution in [1.82, 2.24) is 0 Å². The summed E-state index contributed by atoms with van der Waals surface area (Å²) in [5.41, 5.74) is 0.863. The molecule has 22 heavy (non-hydrogen) atoms. The first-order valence-corrected chi connectivity index (χ1v) is 13.8. The molecule has 0 aliphatic carbocycles. The molecule has 0 aromatic rings. The first-order chi connectivity index (χ1) is 10.0. The molecule has 0 spiro atoms. The smallest absolute Gasteiger partial charge is 0.323 e. The molecular formula is C17H34O3Si2. The predicted molar refractivity (Wildman–Crippen MR) is 99.2 cm³/mol. The van der Waals surface area contributed by atoms with Crippen LogP contribution in [0.25, 0.3) is 0 Å². The zero-order valence-corrected chi connectivity index (χ0v) is 17.7. The van der Waals surface area contributed by atoms with E-state index in [-0.39, 0.29) is 6.10 Å². The van der Waals surface area contributed by atoms with Gasteiger partial charge in [0.25, 0.3) is 0 Å². The lowest BCUT2D eigenvalue weighted by atomic mass is 10.00. The van der Waals surface area contributed by atoms with Gasteiger partial charge in [0.05, 0.1) is 0 Å². The minimum Gasteiger partial charge on any atom is -0.415 e. The van der Waals surface area contributed by atoms with Crippen LogP contribution in [0, 0.1) is 17.8 Å². The summed E-state index contributed by atoms with van der Waals surface area (Å²) < 4.78 is 18.4. The largest absolute Gasteiger partial charge is 0.415 e. The van der Waals surface area contributed by atoms with Crippen LogP contribution in [-0.4, -0.2) is 29.8 Å². The van der Waals surface area contributed by atoms with Gasteiger partial charge in [0.2, 0.25) is 0 Å². The molecule has 2 atom stereocenters. The van der Waals surface area contributed by atoms with E-state index in [0.717, 1.165) is 18.4 Å². The Balaban J connectivity index is 5.03. The zero-order valence-electron chi connectivity index (χ0n) is 15.7. The van der Waals surface area contributed by atoms with Crippen LogP contribution in [0.1, 0.15) is 40.5 Å². The van der Waals surface area contributed by atoms with Crippen molar-refractivity contribution in [3.05, 3.63) is 12.2 Å². The van der Waals surface area contributed by atoms with Gasteiger partial charge in [-0.25, -0.2) is 0 Å². The van der Waals surface area contributed by atoms with E-state index in [1.54, 1.807) is 0 Å². The Morgan fingerprint density at radius 2 is 1.73 bits per heavy atom. The first-order valence-electron chi connectivity index (χ1n) is 8.22. The Bertz CT molecular complexity index is 408. The van der Waals surface area contributed by atoms with E-state index in [4.69, 9.17) is 13.0 Å². The summed E-state index contributed by atoms with van der Waals surface area (Å²) in [4.78, 5) is 0. The quantitative estimate of drug-likeness (QED) is 0.443. The molecule has 2 unspecified atom stereocenters. The lowest BCUT2D eigenvalue weighted by molar-refractivity contribution is 0.136. The van der Waals surface area contributed by atoms with Gasteiger partial charge in [0.1, 0.15) is 6.10 Å². The topological polar surface area (TPSA) is 27.7 Å². The van der Waals surface area contributed by atoms with E-state index in [0.29, 0.717) is 12.5 Å². The minimum atomic E-state index is -2.30. The summed E-state index contributed by atoms with van der Waals surface area (Å²) in [5.74, 6) is 6.69. The van der Waals surface area contributed by atoms with E-state index in [2.05, 4.69) is 58.5 Å². The van der Waals surface area contributed by atoms with Gasteiger partial charge in [0.15, 0.2) is 0 Å². The highest BCUT2D eigenvalue weighted by Crippen LogP contribution is 2.22. The SMILES string of the molecule is C=C(C)C#CC(O[Si](C)(C)O[Si](C)(C)OCC)C(C)CCC. The summed E-state index contributed by atoms with van der Waals surface area (Å²) in [6, 6.07) is 0. The fourth-order valence-corrected chi connectivity index (χ4v) is 9.15. The van der Waals surface area contributed by atoms with Crippen molar-refractivity contribution in [3.8, 4) is 11.8 Å². The Kier molecular flexibility index (Phi) is 9.52. The molecule has 0 fully saturated rings. The third kappa shape index (κ3) is 9.59. The van der Waals surface area contributed by atoms with Crippen molar-refractivity contribution >= 4 is 17.1 Å². The maximum Gasteiger partial charge on any atom is 0.323 e. The second-order valence-corrected chi connectivity index (χ2v) is 13.6. The zero-order chi connectivity index (χ0) is 17.4. The maximum absolute atomic E-state index is 6.34. The molecule has 0 rings (SSSR count). The van der Waals surface area contributed by atoms with Crippen LogP contribution in [0.3, 0.4) is 0 Å². The van der Waals surface area contributed by atoms with E-state index < -0.39 is 17.1 Å². The van der Waals surface area contributed by atoms with Crippen LogP contribution in [0.15, 0.2) is 12.2 Å². The number of allylic oxidation sites excluding steroid dienone is 1. The summed E-state index contributed by atoms with van der Waals surface area (Å²) in [6.45, 7) is 21.1. The highest BCUT2D eigenvalue weighted by molar-refractivity contribution is 6.78. The molecule has 0 heterocycles. The van der Waals surface area contributed by atoms with Crippen molar-refractivity contribution in [1.29, 1.82) is 0 Å². The summed E-state index contributed by atoms with van der Waals surface area (Å²) in [6.07, 6.45) is 2.11. The Labute approximate surface area is 139 Å². The fraction of sp³-hybridized carbons (Fsp3) is 0.765. The molecule has 0 aromatic carbocycles. The molecule has 0 saturated heterocycles. The molecular weight excluding hydrogens is 308 g/mol. The summed E-state index contributed by atoms with van der Waals surface area (Å²) in [5, 5.41) is 0. The average Bonchev–Trinajstić information content (AvgIpc) is 2.32. The third-order valence-electron chi connectivity index (χ3n) is 3.08. The molecule has 128 valence electrons. The van der Waals surface area contributed by atoms with E-state index in [1.165, 1.54) is 0 Å². The molecule has 0 saturated carbocycles. The van der Waals surface area contributed by atoms with Gasteiger partial charge in [-0.1, -0.05) is 38.7 Å². The fourth-order valence-electron chi connectivity index (χ4n) is 2.39. The van der Waals surface area contributed by atoms with Crippen LogP contribution in [0.2, 0.25) is 26.2 Å². The monoisotopic (exact) mass is 342 g/mol. The van der Waals surface area contributed by atoms with E-state index >= 15 is 0 Å². The second-order valence-electron chi connectivity index (χ2n) is 6.69. The van der Waals surface area contributed by atoms with Gasteiger partial charge in [-0.15, -0.1) is 0 Å². The molecule has 0 amide bonds. The van der Waals surface area contributed by atoms with Crippen LogP contribution >= 0.6 is 0 Å². The normalized spacial score (nSPS) is 14.9. The lowest BCUT2D eigenvalue weighted by Gasteiger charge is -2.35. The van der Waals surface area contributed by atoms with Gasteiger partial charge in [-0.3, -0.25) is 0 Å². The highest BCUT2D eigenvalue weighted by Gasteiger charge is 2.38. The van der Waals surface area contributed by atoms with Crippen molar-refractivity contribution in [3.63, 3.8) is 0 Å². The molecule has 0 aliphatic rings. The number of hydrogen-bond donors (Lipinski definition) is 0. The van der Waals surface area contributed by atoms with Gasteiger partial charge in [-0.05, 0) is 57.9 Å². The van der Waals surface area contributed by atoms with Crippen molar-refractivity contribution in [2.24, 2.45) is 5.92 Å². The van der Waals surface area contributed by atoms with Crippen molar-refractivity contribution in [2.75, 3.05) is 6.61 Å².